The topological polar surface area (TPSA) is 49.8 Å². The average Bonchev–Trinajstić information content (AvgIpc) is 2.98. The van der Waals surface area contributed by atoms with E-state index in [0.29, 0.717) is 11.3 Å². The molecule has 0 bridgehead atoms. The van der Waals surface area contributed by atoms with Gasteiger partial charge in [-0.1, -0.05) is 12.1 Å². The van der Waals surface area contributed by atoms with Crippen molar-refractivity contribution >= 4 is 5.91 Å². The number of methoxy groups -OCH3 is 1. The quantitative estimate of drug-likeness (QED) is 0.940. The number of rotatable bonds is 3. The molecule has 2 aromatic carbocycles. The summed E-state index contributed by atoms with van der Waals surface area (Å²) < 4.78 is 32.8. The lowest BCUT2D eigenvalue weighted by Gasteiger charge is -2.25. The van der Waals surface area contributed by atoms with E-state index in [9.17, 15) is 18.7 Å². The fraction of sp³-hybridized carbons (Fsp3) is 0.278. The number of likely N-dealkylation sites (tertiary alicyclic amines) is 1. The Balaban J connectivity index is 1.99. The first-order chi connectivity index (χ1) is 11.5. The third kappa shape index (κ3) is 2.97. The van der Waals surface area contributed by atoms with Crippen LogP contribution in [0.3, 0.4) is 0 Å². The molecule has 1 aliphatic rings. The highest BCUT2D eigenvalue weighted by Crippen LogP contribution is 2.36. The molecule has 2 atom stereocenters. The van der Waals surface area contributed by atoms with Crippen LogP contribution in [0.1, 0.15) is 28.4 Å². The molecule has 1 fully saturated rings. The van der Waals surface area contributed by atoms with Crippen LogP contribution in [0.5, 0.6) is 5.75 Å². The van der Waals surface area contributed by atoms with Gasteiger partial charge in [-0.2, -0.15) is 0 Å². The fourth-order valence-corrected chi connectivity index (χ4v) is 3.08. The number of amides is 1. The number of aliphatic hydroxyl groups is 1. The molecule has 0 aromatic heterocycles. The minimum Gasteiger partial charge on any atom is -0.496 e. The molecule has 0 radical (unpaired) electrons. The Morgan fingerprint density at radius 3 is 2.75 bits per heavy atom. The summed E-state index contributed by atoms with van der Waals surface area (Å²) >= 11 is 0. The molecule has 24 heavy (non-hydrogen) atoms. The Morgan fingerprint density at radius 1 is 1.25 bits per heavy atom. The second-order valence-corrected chi connectivity index (χ2v) is 5.73. The number of carbonyl (C=O) groups is 1. The van der Waals surface area contributed by atoms with Gasteiger partial charge < -0.3 is 14.7 Å². The first kappa shape index (κ1) is 16.4. The van der Waals surface area contributed by atoms with Gasteiger partial charge in [-0.25, -0.2) is 8.78 Å². The molecule has 6 heteroatoms. The van der Waals surface area contributed by atoms with Gasteiger partial charge in [-0.3, -0.25) is 4.79 Å². The molecular formula is C18H17F2NO3. The number of para-hydroxylation sites is 1. The fourth-order valence-electron chi connectivity index (χ4n) is 3.08. The molecule has 1 amide bonds. The Labute approximate surface area is 138 Å². The first-order valence-corrected chi connectivity index (χ1v) is 7.58. The van der Waals surface area contributed by atoms with Crippen LogP contribution in [0.15, 0.2) is 42.5 Å². The maximum atomic E-state index is 14.1. The van der Waals surface area contributed by atoms with Crippen molar-refractivity contribution in [2.24, 2.45) is 0 Å². The molecule has 1 heterocycles. The highest BCUT2D eigenvalue weighted by atomic mass is 19.1. The van der Waals surface area contributed by atoms with Crippen molar-refractivity contribution in [2.45, 2.75) is 18.6 Å². The van der Waals surface area contributed by atoms with Gasteiger partial charge in [0.15, 0.2) is 0 Å². The van der Waals surface area contributed by atoms with E-state index in [2.05, 4.69) is 0 Å². The minimum atomic E-state index is -0.795. The molecule has 1 aliphatic heterocycles. The molecule has 3 rings (SSSR count). The predicted molar refractivity (Wildman–Crippen MR) is 83.8 cm³/mol. The molecule has 126 valence electrons. The smallest absolute Gasteiger partial charge is 0.258 e. The number of aliphatic hydroxyl groups excluding tert-OH is 1. The summed E-state index contributed by atoms with van der Waals surface area (Å²) in [6.45, 7) is 0.0531. The van der Waals surface area contributed by atoms with Crippen LogP contribution in [-0.2, 0) is 0 Å². The lowest BCUT2D eigenvalue weighted by atomic mass is 10.0. The van der Waals surface area contributed by atoms with Gasteiger partial charge in [-0.15, -0.1) is 0 Å². The maximum Gasteiger partial charge on any atom is 0.258 e. The summed E-state index contributed by atoms with van der Waals surface area (Å²) in [5.41, 5.74) is 0.380. The number of nitrogens with zero attached hydrogens (tertiary/aromatic N) is 1. The number of carbonyl (C=O) groups excluding carboxylic acids is 1. The number of ether oxygens (including phenoxy) is 1. The van der Waals surface area contributed by atoms with Crippen molar-refractivity contribution < 1.29 is 23.4 Å². The third-order valence-corrected chi connectivity index (χ3v) is 4.19. The predicted octanol–water partition coefficient (Wildman–Crippen LogP) is 2.92. The van der Waals surface area contributed by atoms with Gasteiger partial charge in [0.25, 0.3) is 5.91 Å². The zero-order chi connectivity index (χ0) is 17.3. The van der Waals surface area contributed by atoms with Gasteiger partial charge in [0.05, 0.1) is 24.8 Å². The van der Waals surface area contributed by atoms with Crippen LogP contribution in [-0.4, -0.2) is 35.7 Å². The van der Waals surface area contributed by atoms with Crippen molar-refractivity contribution in [3.63, 3.8) is 0 Å². The highest BCUT2D eigenvalue weighted by molar-refractivity contribution is 5.97. The molecule has 4 nitrogen and oxygen atoms in total. The van der Waals surface area contributed by atoms with E-state index in [1.54, 1.807) is 24.3 Å². The summed E-state index contributed by atoms with van der Waals surface area (Å²) in [5, 5.41) is 9.97. The SMILES string of the molecule is COc1ccccc1C(=O)N1CC(O)CC1c1cc(F)ccc1F. The number of halogens is 2. The monoisotopic (exact) mass is 333 g/mol. The van der Waals surface area contributed by atoms with Crippen LogP contribution in [0.25, 0.3) is 0 Å². The van der Waals surface area contributed by atoms with Crippen LogP contribution < -0.4 is 4.74 Å². The summed E-state index contributed by atoms with van der Waals surface area (Å²) in [4.78, 5) is 14.2. The van der Waals surface area contributed by atoms with Crippen LogP contribution >= 0.6 is 0 Å². The zero-order valence-electron chi connectivity index (χ0n) is 13.1. The normalized spacial score (nSPS) is 20.2. The number of benzene rings is 2. The molecule has 0 aliphatic carbocycles. The van der Waals surface area contributed by atoms with E-state index in [0.717, 1.165) is 18.2 Å². The molecule has 0 spiro atoms. The second kappa shape index (κ2) is 6.57. The maximum absolute atomic E-state index is 14.1. The number of hydrogen-bond acceptors (Lipinski definition) is 3. The molecule has 2 unspecified atom stereocenters. The lowest BCUT2D eigenvalue weighted by molar-refractivity contribution is 0.0710. The third-order valence-electron chi connectivity index (χ3n) is 4.19. The second-order valence-electron chi connectivity index (χ2n) is 5.73. The van der Waals surface area contributed by atoms with Crippen molar-refractivity contribution in [3.05, 3.63) is 65.2 Å². The Bertz CT molecular complexity index is 766. The summed E-state index contributed by atoms with van der Waals surface area (Å²) in [7, 11) is 1.45. The molecular weight excluding hydrogens is 316 g/mol. The van der Waals surface area contributed by atoms with Crippen molar-refractivity contribution in [1.82, 2.24) is 4.90 Å². The van der Waals surface area contributed by atoms with Gasteiger partial charge in [0.1, 0.15) is 17.4 Å². The first-order valence-electron chi connectivity index (χ1n) is 7.58. The van der Waals surface area contributed by atoms with Gasteiger partial charge in [0.2, 0.25) is 0 Å². The van der Waals surface area contributed by atoms with Gasteiger partial charge >= 0.3 is 0 Å². The zero-order valence-corrected chi connectivity index (χ0v) is 13.1. The van der Waals surface area contributed by atoms with E-state index in [1.807, 2.05) is 0 Å². The Hall–Kier alpha value is -2.47. The van der Waals surface area contributed by atoms with E-state index in [-0.39, 0.29) is 18.5 Å². The Kier molecular flexibility index (Phi) is 4.49. The largest absolute Gasteiger partial charge is 0.496 e. The summed E-state index contributed by atoms with van der Waals surface area (Å²) in [5.74, 6) is -1.19. The van der Waals surface area contributed by atoms with Crippen molar-refractivity contribution in [2.75, 3.05) is 13.7 Å². The van der Waals surface area contributed by atoms with E-state index in [1.165, 1.54) is 12.0 Å². The average molecular weight is 333 g/mol. The van der Waals surface area contributed by atoms with Gasteiger partial charge in [-0.05, 0) is 36.8 Å². The molecule has 2 aromatic rings. The molecule has 1 N–H and O–H groups in total. The molecule has 1 saturated heterocycles. The number of hydrogen-bond donors (Lipinski definition) is 1. The lowest BCUT2D eigenvalue weighted by Crippen LogP contribution is -2.32. The summed E-state index contributed by atoms with van der Waals surface area (Å²) in [6, 6.07) is 9.08. The van der Waals surface area contributed by atoms with Crippen LogP contribution in [0.2, 0.25) is 0 Å². The molecule has 0 saturated carbocycles. The van der Waals surface area contributed by atoms with Crippen molar-refractivity contribution in [3.8, 4) is 5.75 Å². The van der Waals surface area contributed by atoms with E-state index in [4.69, 9.17) is 4.74 Å². The van der Waals surface area contributed by atoms with E-state index < -0.39 is 29.7 Å². The highest BCUT2D eigenvalue weighted by Gasteiger charge is 2.38. The van der Waals surface area contributed by atoms with Crippen molar-refractivity contribution in [1.29, 1.82) is 0 Å². The van der Waals surface area contributed by atoms with Crippen LogP contribution in [0.4, 0.5) is 8.78 Å². The van der Waals surface area contributed by atoms with Gasteiger partial charge in [0, 0.05) is 12.1 Å². The van der Waals surface area contributed by atoms with Crippen LogP contribution in [0, 0.1) is 11.6 Å². The van der Waals surface area contributed by atoms with E-state index >= 15 is 0 Å². The minimum absolute atomic E-state index is 0.0531. The Morgan fingerprint density at radius 2 is 2.00 bits per heavy atom. The standard InChI is InChI=1S/C18H17F2NO3/c1-24-17-5-3-2-4-13(17)18(23)21-10-12(22)9-16(21)14-8-11(19)6-7-15(14)20/h2-8,12,16,22H,9-10H2,1H3. The summed E-state index contributed by atoms with van der Waals surface area (Å²) in [6.07, 6.45) is -0.641. The number of β-amino-alcohol motifs (C(OH)–C–C–N with tert-alkyl or cyclic N) is 1.